The van der Waals surface area contributed by atoms with E-state index in [1.54, 1.807) is 24.3 Å². The standard InChI is InChI=1S/C22H15F2N3O3/c1-12-5-6-14(20-26-22(29)30-27-20)11-16(12)13-7-9-15(10-8-13)25-21(28)19-17(23)3-2-4-18(19)24/h2-11H,1H3,(H,25,28)(H,26,27,29). The van der Waals surface area contributed by atoms with Crippen molar-refractivity contribution in [3.8, 4) is 22.5 Å². The molecule has 8 heteroatoms. The average molecular weight is 407 g/mol. The Morgan fingerprint density at radius 1 is 1.00 bits per heavy atom. The van der Waals surface area contributed by atoms with Crippen molar-refractivity contribution < 1.29 is 18.1 Å². The number of H-pyrrole nitrogens is 1. The summed E-state index contributed by atoms with van der Waals surface area (Å²) in [6.07, 6.45) is 0. The maximum Gasteiger partial charge on any atom is 0.439 e. The number of nitrogens with zero attached hydrogens (tertiary/aromatic N) is 1. The Balaban J connectivity index is 1.60. The molecular formula is C22H15F2N3O3. The fraction of sp³-hybridized carbons (Fsp3) is 0.0455. The zero-order valence-corrected chi connectivity index (χ0v) is 15.7. The SMILES string of the molecule is Cc1ccc(-c2noc(=O)[nH]2)cc1-c1ccc(NC(=O)c2c(F)cccc2F)cc1. The number of benzene rings is 3. The van der Waals surface area contributed by atoms with Gasteiger partial charge in [0.2, 0.25) is 0 Å². The van der Waals surface area contributed by atoms with Crippen molar-refractivity contribution in [2.24, 2.45) is 0 Å². The maximum absolute atomic E-state index is 13.8. The Bertz CT molecular complexity index is 1270. The van der Waals surface area contributed by atoms with Crippen molar-refractivity contribution in [1.29, 1.82) is 0 Å². The second-order valence-electron chi connectivity index (χ2n) is 6.60. The minimum atomic E-state index is -0.928. The molecule has 0 atom stereocenters. The van der Waals surface area contributed by atoms with E-state index in [0.717, 1.165) is 28.8 Å². The molecule has 1 aromatic heterocycles. The Hall–Kier alpha value is -4.07. The molecule has 30 heavy (non-hydrogen) atoms. The van der Waals surface area contributed by atoms with Gasteiger partial charge in [-0.3, -0.25) is 14.3 Å². The van der Waals surface area contributed by atoms with Crippen LogP contribution < -0.4 is 11.1 Å². The first-order valence-corrected chi connectivity index (χ1v) is 8.95. The van der Waals surface area contributed by atoms with Crippen LogP contribution >= 0.6 is 0 Å². The molecule has 0 bridgehead atoms. The lowest BCUT2D eigenvalue weighted by atomic mass is 9.97. The van der Waals surface area contributed by atoms with Crippen LogP contribution in [0.1, 0.15) is 15.9 Å². The topological polar surface area (TPSA) is 88.0 Å². The number of halogens is 2. The van der Waals surface area contributed by atoms with Crippen LogP contribution in [-0.4, -0.2) is 16.0 Å². The highest BCUT2D eigenvalue weighted by Crippen LogP contribution is 2.29. The van der Waals surface area contributed by atoms with E-state index in [9.17, 15) is 18.4 Å². The van der Waals surface area contributed by atoms with Crippen molar-refractivity contribution in [2.75, 3.05) is 5.32 Å². The molecule has 2 N–H and O–H groups in total. The first-order chi connectivity index (χ1) is 14.4. The number of carbonyl (C=O) groups is 1. The Morgan fingerprint density at radius 2 is 1.67 bits per heavy atom. The summed E-state index contributed by atoms with van der Waals surface area (Å²) in [7, 11) is 0. The average Bonchev–Trinajstić information content (AvgIpc) is 3.15. The van der Waals surface area contributed by atoms with Gasteiger partial charge in [0.15, 0.2) is 5.82 Å². The van der Waals surface area contributed by atoms with Gasteiger partial charge in [0.25, 0.3) is 5.91 Å². The molecule has 0 spiro atoms. The van der Waals surface area contributed by atoms with Crippen molar-refractivity contribution in [1.82, 2.24) is 10.1 Å². The fourth-order valence-electron chi connectivity index (χ4n) is 3.08. The Kier molecular flexibility index (Phi) is 4.97. The number of carbonyl (C=O) groups excluding carboxylic acids is 1. The number of nitrogens with one attached hydrogen (secondary N) is 2. The van der Waals surface area contributed by atoms with Gasteiger partial charge < -0.3 is 5.32 Å². The minimum Gasteiger partial charge on any atom is -0.322 e. The number of aryl methyl sites for hydroxylation is 1. The van der Waals surface area contributed by atoms with Crippen LogP contribution in [0.5, 0.6) is 0 Å². The number of hydrogen-bond donors (Lipinski definition) is 2. The van der Waals surface area contributed by atoms with E-state index in [-0.39, 0.29) is 0 Å². The zero-order chi connectivity index (χ0) is 21.3. The van der Waals surface area contributed by atoms with Gasteiger partial charge in [-0.25, -0.2) is 13.6 Å². The van der Waals surface area contributed by atoms with E-state index in [4.69, 9.17) is 0 Å². The minimum absolute atomic E-state index is 0.317. The monoisotopic (exact) mass is 407 g/mol. The van der Waals surface area contributed by atoms with Gasteiger partial charge in [0.1, 0.15) is 17.2 Å². The van der Waals surface area contributed by atoms with Crippen molar-refractivity contribution in [3.63, 3.8) is 0 Å². The number of hydrogen-bond acceptors (Lipinski definition) is 4. The summed E-state index contributed by atoms with van der Waals surface area (Å²) in [4.78, 5) is 25.9. The van der Waals surface area contributed by atoms with Crippen molar-refractivity contribution in [3.05, 3.63) is 94.0 Å². The molecule has 150 valence electrons. The predicted molar refractivity (Wildman–Crippen MR) is 107 cm³/mol. The molecule has 4 aromatic rings. The number of amides is 1. The first-order valence-electron chi connectivity index (χ1n) is 8.95. The number of aromatic nitrogens is 2. The van der Waals surface area contributed by atoms with E-state index >= 15 is 0 Å². The Labute approximate surface area is 169 Å². The van der Waals surface area contributed by atoms with Crippen molar-refractivity contribution in [2.45, 2.75) is 6.92 Å². The van der Waals surface area contributed by atoms with Gasteiger partial charge in [-0.15, -0.1) is 0 Å². The second kappa shape index (κ2) is 7.75. The van der Waals surface area contributed by atoms with Crippen molar-refractivity contribution >= 4 is 11.6 Å². The molecule has 6 nitrogen and oxygen atoms in total. The molecule has 1 amide bonds. The molecule has 1 heterocycles. The third kappa shape index (κ3) is 3.75. The highest BCUT2D eigenvalue weighted by atomic mass is 19.1. The summed E-state index contributed by atoms with van der Waals surface area (Å²) >= 11 is 0. The van der Waals surface area contributed by atoms with Crippen LogP contribution in [0.25, 0.3) is 22.5 Å². The zero-order valence-electron chi connectivity index (χ0n) is 15.7. The third-order valence-corrected chi connectivity index (χ3v) is 4.59. The fourth-order valence-corrected chi connectivity index (χ4v) is 3.08. The van der Waals surface area contributed by atoms with Gasteiger partial charge in [-0.2, -0.15) is 0 Å². The summed E-state index contributed by atoms with van der Waals surface area (Å²) < 4.78 is 32.1. The van der Waals surface area contributed by atoms with Crippen LogP contribution in [0.15, 0.2) is 70.0 Å². The molecule has 0 aliphatic carbocycles. The highest BCUT2D eigenvalue weighted by Gasteiger charge is 2.17. The molecule has 0 aliphatic rings. The molecule has 0 saturated carbocycles. The van der Waals surface area contributed by atoms with Crippen LogP contribution in [0.4, 0.5) is 14.5 Å². The van der Waals surface area contributed by atoms with E-state index in [1.165, 1.54) is 6.07 Å². The normalized spacial score (nSPS) is 10.8. The van der Waals surface area contributed by atoms with E-state index in [2.05, 4.69) is 20.0 Å². The number of aromatic amines is 1. The summed E-state index contributed by atoms with van der Waals surface area (Å²) in [5, 5.41) is 6.18. The largest absolute Gasteiger partial charge is 0.439 e. The lowest BCUT2D eigenvalue weighted by Crippen LogP contribution is -2.15. The predicted octanol–water partition coefficient (Wildman–Crippen LogP) is 4.54. The van der Waals surface area contributed by atoms with E-state index < -0.39 is 28.9 Å². The molecule has 0 unspecified atom stereocenters. The number of anilines is 1. The molecule has 0 radical (unpaired) electrons. The highest BCUT2D eigenvalue weighted by molar-refractivity contribution is 6.04. The summed E-state index contributed by atoms with van der Waals surface area (Å²) in [5.74, 6) is -3.05. The number of rotatable bonds is 4. The smallest absolute Gasteiger partial charge is 0.322 e. The van der Waals surface area contributed by atoms with Crippen LogP contribution in [0.3, 0.4) is 0 Å². The molecule has 3 aromatic carbocycles. The van der Waals surface area contributed by atoms with Crippen LogP contribution in [0, 0.1) is 18.6 Å². The molecule has 0 saturated heterocycles. The maximum atomic E-state index is 13.8. The third-order valence-electron chi connectivity index (χ3n) is 4.59. The lowest BCUT2D eigenvalue weighted by molar-refractivity contribution is 0.101. The second-order valence-corrected chi connectivity index (χ2v) is 6.60. The molecule has 0 fully saturated rings. The van der Waals surface area contributed by atoms with E-state index in [1.807, 2.05) is 25.1 Å². The first kappa shape index (κ1) is 19.3. The summed E-state index contributed by atoms with van der Waals surface area (Å²) in [6, 6.07) is 15.6. The van der Waals surface area contributed by atoms with Gasteiger partial charge in [0.05, 0.1) is 0 Å². The summed E-state index contributed by atoms with van der Waals surface area (Å²) in [5.41, 5.74) is 3.14. The van der Waals surface area contributed by atoms with Gasteiger partial charge in [-0.1, -0.05) is 35.5 Å². The summed E-state index contributed by atoms with van der Waals surface area (Å²) in [6.45, 7) is 1.93. The van der Waals surface area contributed by atoms with Crippen LogP contribution in [-0.2, 0) is 0 Å². The van der Waals surface area contributed by atoms with Gasteiger partial charge in [0, 0.05) is 11.3 Å². The quantitative estimate of drug-likeness (QED) is 0.520. The van der Waals surface area contributed by atoms with Gasteiger partial charge >= 0.3 is 5.76 Å². The van der Waals surface area contributed by atoms with Gasteiger partial charge in [-0.05, 0) is 53.9 Å². The molecule has 4 rings (SSSR count). The molecule has 0 aliphatic heterocycles. The Morgan fingerprint density at radius 3 is 2.30 bits per heavy atom. The molecular weight excluding hydrogens is 392 g/mol. The van der Waals surface area contributed by atoms with E-state index in [0.29, 0.717) is 17.1 Å². The van der Waals surface area contributed by atoms with Crippen LogP contribution in [0.2, 0.25) is 0 Å². The lowest BCUT2D eigenvalue weighted by Gasteiger charge is -2.10.